The van der Waals surface area contributed by atoms with Gasteiger partial charge in [-0.3, -0.25) is 5.41 Å². The van der Waals surface area contributed by atoms with E-state index in [1.165, 1.54) is 31.4 Å². The number of nitrogens with two attached hydrogens (primary N) is 1. The van der Waals surface area contributed by atoms with Gasteiger partial charge in [0.2, 0.25) is 14.9 Å². The molecule has 6 nitrogen and oxygen atoms in total. The second-order valence-electron chi connectivity index (χ2n) is 3.71. The third-order valence-corrected chi connectivity index (χ3v) is 4.12. The molecule has 0 radical (unpaired) electrons. The van der Waals surface area contributed by atoms with Crippen LogP contribution in [-0.4, -0.2) is 21.4 Å². The van der Waals surface area contributed by atoms with Gasteiger partial charge in [0.05, 0.1) is 12.0 Å². The molecule has 0 unspecified atom stereocenters. The van der Waals surface area contributed by atoms with Crippen molar-refractivity contribution in [1.82, 2.24) is 0 Å². The molecule has 2 aromatic rings. The maximum atomic E-state index is 12.2. The lowest BCUT2D eigenvalue weighted by molar-refractivity contribution is 0.414. The number of nitrogen functional groups attached to an aromatic ring is 1. The van der Waals surface area contributed by atoms with Gasteiger partial charge in [-0.1, -0.05) is 0 Å². The van der Waals surface area contributed by atoms with Crippen molar-refractivity contribution in [2.75, 3.05) is 7.11 Å². The van der Waals surface area contributed by atoms with Crippen LogP contribution in [-0.2, 0) is 9.84 Å². The van der Waals surface area contributed by atoms with Gasteiger partial charge in [0, 0.05) is 0 Å². The van der Waals surface area contributed by atoms with Crippen molar-refractivity contribution in [3.8, 4) is 5.75 Å². The van der Waals surface area contributed by atoms with Crippen LogP contribution >= 0.6 is 12.4 Å². The maximum Gasteiger partial charge on any atom is 0.239 e. The number of rotatable bonds is 4. The Morgan fingerprint density at radius 2 is 1.80 bits per heavy atom. The summed E-state index contributed by atoms with van der Waals surface area (Å²) in [6, 6.07) is 8.55. The Labute approximate surface area is 122 Å². The molecule has 0 bridgehead atoms. The fraction of sp³-hybridized carbons (Fsp3) is 0.0833. The highest BCUT2D eigenvalue weighted by Gasteiger charge is 2.22. The van der Waals surface area contributed by atoms with E-state index in [9.17, 15) is 8.42 Å². The number of furan rings is 1. The summed E-state index contributed by atoms with van der Waals surface area (Å²) >= 11 is 0. The number of benzene rings is 1. The zero-order chi connectivity index (χ0) is 14.0. The quantitative estimate of drug-likeness (QED) is 0.661. The Morgan fingerprint density at radius 3 is 2.25 bits per heavy atom. The molecular weight excluding hydrogens is 304 g/mol. The summed E-state index contributed by atoms with van der Waals surface area (Å²) < 4.78 is 34.5. The SMILES string of the molecule is COc1ccc(S(=O)(=O)c2ccc(C(=N)N)o2)cc1.Cl. The minimum absolute atomic E-state index is 0. The smallest absolute Gasteiger partial charge is 0.239 e. The first kappa shape index (κ1) is 16.1. The molecule has 0 aliphatic heterocycles. The number of nitrogens with one attached hydrogen (secondary N) is 1. The minimum atomic E-state index is -3.75. The zero-order valence-electron chi connectivity index (χ0n) is 10.5. The Morgan fingerprint density at radius 1 is 1.20 bits per heavy atom. The van der Waals surface area contributed by atoms with Gasteiger partial charge < -0.3 is 14.9 Å². The number of hydrogen-bond donors (Lipinski definition) is 2. The minimum Gasteiger partial charge on any atom is -0.497 e. The molecule has 2 rings (SSSR count). The fourth-order valence-corrected chi connectivity index (χ4v) is 2.65. The first-order valence-corrected chi connectivity index (χ1v) is 6.77. The van der Waals surface area contributed by atoms with E-state index in [2.05, 4.69) is 0 Å². The number of halogens is 1. The van der Waals surface area contributed by atoms with Gasteiger partial charge in [-0.15, -0.1) is 12.4 Å². The number of amidine groups is 1. The molecule has 0 aliphatic carbocycles. The largest absolute Gasteiger partial charge is 0.497 e. The van der Waals surface area contributed by atoms with Crippen LogP contribution in [0.5, 0.6) is 5.75 Å². The number of methoxy groups -OCH3 is 1. The molecule has 0 aliphatic rings. The molecule has 1 heterocycles. The first-order valence-electron chi connectivity index (χ1n) is 5.28. The molecule has 20 heavy (non-hydrogen) atoms. The van der Waals surface area contributed by atoms with E-state index in [0.29, 0.717) is 5.75 Å². The Balaban J connectivity index is 0.00000200. The topological polar surface area (TPSA) is 106 Å². The highest BCUT2D eigenvalue weighted by atomic mass is 35.5. The number of ether oxygens (including phenoxy) is 1. The molecule has 8 heteroatoms. The van der Waals surface area contributed by atoms with Crippen LogP contribution in [0.15, 0.2) is 50.8 Å². The van der Waals surface area contributed by atoms with Crippen molar-refractivity contribution in [2.24, 2.45) is 5.73 Å². The van der Waals surface area contributed by atoms with Crippen LogP contribution in [0.25, 0.3) is 0 Å². The Kier molecular flexibility index (Phi) is 4.80. The number of hydrogen-bond acceptors (Lipinski definition) is 5. The maximum absolute atomic E-state index is 12.2. The summed E-state index contributed by atoms with van der Waals surface area (Å²) in [7, 11) is -2.26. The lowest BCUT2D eigenvalue weighted by Gasteiger charge is -2.03. The molecule has 108 valence electrons. The zero-order valence-corrected chi connectivity index (χ0v) is 12.1. The third kappa shape index (κ3) is 2.94. The highest BCUT2D eigenvalue weighted by Crippen LogP contribution is 2.24. The van der Waals surface area contributed by atoms with Gasteiger partial charge in [-0.25, -0.2) is 8.42 Å². The Bertz CT molecular complexity index is 707. The highest BCUT2D eigenvalue weighted by molar-refractivity contribution is 7.91. The van der Waals surface area contributed by atoms with E-state index in [4.69, 9.17) is 20.3 Å². The van der Waals surface area contributed by atoms with Gasteiger partial charge >= 0.3 is 0 Å². The molecule has 3 N–H and O–H groups in total. The molecular formula is C12H13ClN2O4S. The monoisotopic (exact) mass is 316 g/mol. The van der Waals surface area contributed by atoms with E-state index < -0.39 is 9.84 Å². The van der Waals surface area contributed by atoms with E-state index in [1.54, 1.807) is 12.1 Å². The van der Waals surface area contributed by atoms with Crippen LogP contribution in [0.4, 0.5) is 0 Å². The summed E-state index contributed by atoms with van der Waals surface area (Å²) in [5, 5.41) is 6.94. The van der Waals surface area contributed by atoms with Gasteiger partial charge in [-0.2, -0.15) is 0 Å². The molecule has 0 spiro atoms. The van der Waals surface area contributed by atoms with Gasteiger partial charge in [0.25, 0.3) is 0 Å². The van der Waals surface area contributed by atoms with E-state index in [0.717, 1.165) is 0 Å². The van der Waals surface area contributed by atoms with Crippen LogP contribution in [0, 0.1) is 5.41 Å². The lowest BCUT2D eigenvalue weighted by atomic mass is 10.3. The van der Waals surface area contributed by atoms with Crippen LogP contribution in [0.1, 0.15) is 5.76 Å². The van der Waals surface area contributed by atoms with Gasteiger partial charge in [0.15, 0.2) is 11.6 Å². The van der Waals surface area contributed by atoms with Crippen LogP contribution in [0.3, 0.4) is 0 Å². The van der Waals surface area contributed by atoms with Crippen molar-refractivity contribution >= 4 is 28.1 Å². The lowest BCUT2D eigenvalue weighted by Crippen LogP contribution is -2.09. The number of sulfone groups is 1. The average Bonchev–Trinajstić information content (AvgIpc) is 2.89. The molecule has 0 fully saturated rings. The predicted octanol–water partition coefficient (Wildman–Crippen LogP) is 1.83. The van der Waals surface area contributed by atoms with Crippen molar-refractivity contribution in [3.05, 3.63) is 42.2 Å². The van der Waals surface area contributed by atoms with Crippen molar-refractivity contribution in [3.63, 3.8) is 0 Å². The van der Waals surface area contributed by atoms with Crippen molar-refractivity contribution < 1.29 is 17.6 Å². The first-order chi connectivity index (χ1) is 8.95. The normalized spacial score (nSPS) is 10.7. The molecule has 0 amide bonds. The molecule has 1 aromatic heterocycles. The standard InChI is InChI=1S/C12H12N2O4S.ClH/c1-17-8-2-4-9(5-3-8)19(15,16)11-7-6-10(18-11)12(13)14;/h2-7H,1H3,(H3,13,14);1H. The van der Waals surface area contributed by atoms with Crippen LogP contribution < -0.4 is 10.5 Å². The Hall–Kier alpha value is -1.99. The summed E-state index contributed by atoms with van der Waals surface area (Å²) in [6.45, 7) is 0. The second kappa shape index (κ2) is 5.98. The van der Waals surface area contributed by atoms with E-state index >= 15 is 0 Å². The summed E-state index contributed by atoms with van der Waals surface area (Å²) in [5.41, 5.74) is 5.23. The van der Waals surface area contributed by atoms with E-state index in [-0.39, 0.29) is 34.0 Å². The summed E-state index contributed by atoms with van der Waals surface area (Å²) in [6.07, 6.45) is 0. The van der Waals surface area contributed by atoms with Crippen molar-refractivity contribution in [1.29, 1.82) is 5.41 Å². The second-order valence-corrected chi connectivity index (χ2v) is 5.59. The third-order valence-electron chi connectivity index (χ3n) is 2.48. The predicted molar refractivity (Wildman–Crippen MR) is 75.4 cm³/mol. The van der Waals surface area contributed by atoms with Gasteiger partial charge in [-0.05, 0) is 36.4 Å². The molecule has 1 aromatic carbocycles. The molecule has 0 saturated heterocycles. The summed E-state index contributed by atoms with van der Waals surface area (Å²) in [4.78, 5) is 0.0813. The summed E-state index contributed by atoms with van der Waals surface area (Å²) in [5.74, 6) is 0.256. The molecule has 0 saturated carbocycles. The molecule has 0 atom stereocenters. The fourth-order valence-electron chi connectivity index (χ4n) is 1.48. The average molecular weight is 317 g/mol. The van der Waals surface area contributed by atoms with Crippen molar-refractivity contribution in [2.45, 2.75) is 9.99 Å². The van der Waals surface area contributed by atoms with Gasteiger partial charge in [0.1, 0.15) is 5.75 Å². The van der Waals surface area contributed by atoms with Crippen LogP contribution in [0.2, 0.25) is 0 Å². The van der Waals surface area contributed by atoms with E-state index in [1.807, 2.05) is 0 Å².